The molecule has 1 saturated heterocycles. The van der Waals surface area contributed by atoms with Crippen LogP contribution in [0, 0.1) is 5.82 Å². The summed E-state index contributed by atoms with van der Waals surface area (Å²) >= 11 is 0. The first kappa shape index (κ1) is 23.9. The molecule has 0 unspecified atom stereocenters. The maximum absolute atomic E-state index is 13.2. The van der Waals surface area contributed by atoms with Crippen LogP contribution in [0.1, 0.15) is 36.9 Å². The lowest BCUT2D eigenvalue weighted by Gasteiger charge is -2.26. The molecule has 2 heterocycles. The van der Waals surface area contributed by atoms with Gasteiger partial charge in [-0.1, -0.05) is 36.8 Å². The van der Waals surface area contributed by atoms with Gasteiger partial charge in [0.15, 0.2) is 0 Å². The van der Waals surface area contributed by atoms with Crippen LogP contribution in [0.5, 0.6) is 5.75 Å². The van der Waals surface area contributed by atoms with Crippen molar-refractivity contribution in [3.63, 3.8) is 0 Å². The third-order valence-electron chi connectivity index (χ3n) is 6.07. The van der Waals surface area contributed by atoms with E-state index in [0.29, 0.717) is 12.2 Å². The molecule has 0 spiro atoms. The fraction of sp³-hybridized carbons (Fsp3) is 0.357. The summed E-state index contributed by atoms with van der Waals surface area (Å²) in [5, 5.41) is 2.80. The number of benzene rings is 2. The van der Waals surface area contributed by atoms with E-state index in [-0.39, 0.29) is 18.1 Å². The van der Waals surface area contributed by atoms with E-state index < -0.39 is 0 Å². The lowest BCUT2D eigenvalue weighted by molar-refractivity contribution is -0.120. The monoisotopic (exact) mass is 461 g/mol. The molecule has 34 heavy (non-hydrogen) atoms. The molecule has 1 amide bonds. The molecule has 0 atom stereocenters. The van der Waals surface area contributed by atoms with Gasteiger partial charge in [-0.2, -0.15) is 0 Å². The zero-order valence-corrected chi connectivity index (χ0v) is 19.5. The van der Waals surface area contributed by atoms with E-state index >= 15 is 0 Å². The van der Waals surface area contributed by atoms with Crippen LogP contribution in [0.25, 0.3) is 11.1 Å². The quantitative estimate of drug-likeness (QED) is 0.432. The van der Waals surface area contributed by atoms with Crippen molar-refractivity contribution < 1.29 is 13.9 Å². The molecule has 5 nitrogen and oxygen atoms in total. The van der Waals surface area contributed by atoms with Crippen molar-refractivity contribution >= 4 is 5.91 Å². The van der Waals surface area contributed by atoms with Crippen LogP contribution in [0.2, 0.25) is 0 Å². The molecular weight excluding hydrogens is 429 g/mol. The Balaban J connectivity index is 1.21. The van der Waals surface area contributed by atoms with E-state index in [2.05, 4.69) is 15.2 Å². The number of carbonyl (C=O) groups is 1. The lowest BCUT2D eigenvalue weighted by atomic mass is 10.1. The summed E-state index contributed by atoms with van der Waals surface area (Å²) in [6, 6.07) is 18.1. The number of amides is 1. The van der Waals surface area contributed by atoms with E-state index in [9.17, 15) is 9.18 Å². The van der Waals surface area contributed by atoms with E-state index in [4.69, 9.17) is 4.74 Å². The van der Waals surface area contributed by atoms with Crippen LogP contribution >= 0.6 is 0 Å². The number of ether oxygens (including phenoxy) is 1. The molecule has 178 valence electrons. The molecular formula is C28H32FN3O2. The van der Waals surface area contributed by atoms with Crippen LogP contribution in [-0.2, 0) is 17.8 Å². The molecule has 1 fully saturated rings. The molecule has 0 bridgehead atoms. The summed E-state index contributed by atoms with van der Waals surface area (Å²) in [4.78, 5) is 19.2. The molecule has 0 radical (unpaired) electrons. The molecule has 6 heteroatoms. The summed E-state index contributed by atoms with van der Waals surface area (Å²) < 4.78 is 19.1. The third kappa shape index (κ3) is 7.39. The van der Waals surface area contributed by atoms with Gasteiger partial charge >= 0.3 is 0 Å². The SMILES string of the molecule is O=C(Cc1ccc(-c2ccc(OCCCN3CCCCC3)cc2)cn1)NCc1cccc(F)c1. The Morgan fingerprint density at radius 1 is 1.00 bits per heavy atom. The minimum Gasteiger partial charge on any atom is -0.494 e. The van der Waals surface area contributed by atoms with E-state index in [1.54, 1.807) is 18.3 Å². The highest BCUT2D eigenvalue weighted by Gasteiger charge is 2.09. The average molecular weight is 462 g/mol. The molecule has 1 aromatic heterocycles. The Kier molecular flexibility index (Phi) is 8.63. The Bertz CT molecular complexity index is 1050. The molecule has 0 saturated carbocycles. The van der Waals surface area contributed by atoms with Crippen LogP contribution < -0.4 is 10.1 Å². The molecule has 4 rings (SSSR count). The Morgan fingerprint density at radius 2 is 1.79 bits per heavy atom. The number of carbonyl (C=O) groups excluding carboxylic acids is 1. The summed E-state index contributed by atoms with van der Waals surface area (Å²) in [7, 11) is 0. The van der Waals surface area contributed by atoms with Gasteiger partial charge in [0.05, 0.1) is 13.0 Å². The number of rotatable bonds is 10. The number of hydrogen-bond acceptors (Lipinski definition) is 4. The van der Waals surface area contributed by atoms with Crippen molar-refractivity contribution in [2.24, 2.45) is 0 Å². The number of hydrogen-bond donors (Lipinski definition) is 1. The van der Waals surface area contributed by atoms with Gasteiger partial charge in [0.2, 0.25) is 5.91 Å². The number of nitrogens with zero attached hydrogens (tertiary/aromatic N) is 2. The number of halogens is 1. The van der Waals surface area contributed by atoms with Crippen molar-refractivity contribution in [2.45, 2.75) is 38.6 Å². The number of nitrogens with one attached hydrogen (secondary N) is 1. The second kappa shape index (κ2) is 12.3. The minimum atomic E-state index is -0.309. The number of piperidine rings is 1. The Labute approximate surface area is 201 Å². The van der Waals surface area contributed by atoms with Crippen molar-refractivity contribution in [1.82, 2.24) is 15.2 Å². The standard InChI is InChI=1S/C28H32FN3O2/c29-25-7-4-6-22(18-25)20-31-28(33)19-26-11-8-24(21-30-26)23-9-12-27(13-10-23)34-17-5-16-32-14-2-1-3-15-32/h4,6-13,18,21H,1-3,5,14-17,19-20H2,(H,31,33). The van der Waals surface area contributed by atoms with Gasteiger partial charge < -0.3 is 15.0 Å². The highest BCUT2D eigenvalue weighted by atomic mass is 19.1. The molecule has 1 N–H and O–H groups in total. The van der Waals surface area contributed by atoms with Crippen molar-refractivity contribution in [2.75, 3.05) is 26.2 Å². The Morgan fingerprint density at radius 3 is 2.53 bits per heavy atom. The first-order chi connectivity index (χ1) is 16.7. The van der Waals surface area contributed by atoms with E-state index in [0.717, 1.165) is 42.0 Å². The maximum Gasteiger partial charge on any atom is 0.226 e. The largest absolute Gasteiger partial charge is 0.494 e. The maximum atomic E-state index is 13.2. The minimum absolute atomic E-state index is 0.147. The summed E-state index contributed by atoms with van der Waals surface area (Å²) in [5.74, 6) is 0.421. The van der Waals surface area contributed by atoms with Crippen LogP contribution in [0.4, 0.5) is 4.39 Å². The van der Waals surface area contributed by atoms with Gasteiger partial charge in [-0.3, -0.25) is 9.78 Å². The summed E-state index contributed by atoms with van der Waals surface area (Å²) in [6.45, 7) is 4.58. The summed E-state index contributed by atoms with van der Waals surface area (Å²) in [6.07, 6.45) is 7.02. The van der Waals surface area contributed by atoms with Crippen molar-refractivity contribution in [3.05, 3.63) is 83.9 Å². The van der Waals surface area contributed by atoms with Gasteiger partial charge in [0.25, 0.3) is 0 Å². The molecule has 2 aromatic carbocycles. The van der Waals surface area contributed by atoms with Crippen LogP contribution in [0.3, 0.4) is 0 Å². The smallest absolute Gasteiger partial charge is 0.226 e. The predicted octanol–water partition coefficient (Wildman–Crippen LogP) is 5.00. The molecule has 0 aliphatic carbocycles. The first-order valence-corrected chi connectivity index (χ1v) is 12.1. The zero-order chi connectivity index (χ0) is 23.6. The highest BCUT2D eigenvalue weighted by Crippen LogP contribution is 2.22. The molecule has 3 aromatic rings. The molecule has 1 aliphatic heterocycles. The zero-order valence-electron chi connectivity index (χ0n) is 19.5. The second-order valence-electron chi connectivity index (χ2n) is 8.75. The lowest BCUT2D eigenvalue weighted by Crippen LogP contribution is -2.31. The normalized spacial score (nSPS) is 14.0. The third-order valence-corrected chi connectivity index (χ3v) is 6.07. The van der Waals surface area contributed by atoms with Crippen molar-refractivity contribution in [1.29, 1.82) is 0 Å². The molecule has 1 aliphatic rings. The van der Waals surface area contributed by atoms with Gasteiger partial charge in [-0.25, -0.2) is 4.39 Å². The van der Waals surface area contributed by atoms with Gasteiger partial charge in [-0.15, -0.1) is 0 Å². The second-order valence-corrected chi connectivity index (χ2v) is 8.75. The van der Waals surface area contributed by atoms with Gasteiger partial charge in [0.1, 0.15) is 11.6 Å². The van der Waals surface area contributed by atoms with Crippen LogP contribution in [0.15, 0.2) is 66.9 Å². The summed E-state index contributed by atoms with van der Waals surface area (Å²) in [5.41, 5.74) is 3.45. The predicted molar refractivity (Wildman–Crippen MR) is 132 cm³/mol. The number of aromatic nitrogens is 1. The van der Waals surface area contributed by atoms with Crippen LogP contribution in [-0.4, -0.2) is 42.0 Å². The fourth-order valence-electron chi connectivity index (χ4n) is 4.18. The first-order valence-electron chi connectivity index (χ1n) is 12.1. The topological polar surface area (TPSA) is 54.5 Å². The van der Waals surface area contributed by atoms with Gasteiger partial charge in [-0.05, 0) is 73.8 Å². The average Bonchev–Trinajstić information content (AvgIpc) is 2.87. The highest BCUT2D eigenvalue weighted by molar-refractivity contribution is 5.78. The van der Waals surface area contributed by atoms with Gasteiger partial charge in [0, 0.05) is 30.5 Å². The number of pyridine rings is 1. The number of likely N-dealkylation sites (tertiary alicyclic amines) is 1. The Hall–Kier alpha value is -3.25. The van der Waals surface area contributed by atoms with Crippen molar-refractivity contribution in [3.8, 4) is 16.9 Å². The van der Waals surface area contributed by atoms with E-state index in [1.165, 1.54) is 44.5 Å². The van der Waals surface area contributed by atoms with E-state index in [1.807, 2.05) is 36.4 Å². The fourth-order valence-corrected chi connectivity index (χ4v) is 4.18.